The molecule has 1 N–H and O–H groups in total. The maximum absolute atomic E-state index is 13.2. The maximum Gasteiger partial charge on any atom is 0.243 e. The molecule has 0 unspecified atom stereocenters. The Balaban J connectivity index is 1.85. The molecular weight excluding hydrogens is 462 g/mol. The van der Waals surface area contributed by atoms with Gasteiger partial charge < -0.3 is 10.2 Å². The zero-order valence-corrected chi connectivity index (χ0v) is 20.2. The van der Waals surface area contributed by atoms with Crippen LogP contribution < -0.4 is 5.32 Å². The zero-order valence-electron chi connectivity index (χ0n) is 18.7. The van der Waals surface area contributed by atoms with Crippen LogP contribution in [0, 0.1) is 0 Å². The average molecular weight is 488 g/mol. The largest absolute Gasteiger partial charge is 0.357 e. The van der Waals surface area contributed by atoms with E-state index < -0.39 is 28.5 Å². The molecule has 33 heavy (non-hydrogen) atoms. The highest BCUT2D eigenvalue weighted by molar-refractivity contribution is 7.89. The summed E-state index contributed by atoms with van der Waals surface area (Å²) in [7, 11) is -1.09. The van der Waals surface area contributed by atoms with Gasteiger partial charge in [-0.05, 0) is 47.5 Å². The number of sulfonamides is 1. The number of hydrogen-bond acceptors (Lipinski definition) is 4. The predicted molar refractivity (Wildman–Crippen MR) is 129 cm³/mol. The SMILES string of the molecule is CNC(=O)[C@@H](C)N(Cc1cccc(Cl)c1)C(=O)CN(C)S(=O)(=O)c1ccc2ccccc2c1. The molecule has 2 amide bonds. The van der Waals surface area contributed by atoms with Crippen LogP contribution in [0.15, 0.2) is 71.6 Å². The Morgan fingerprint density at radius 3 is 2.36 bits per heavy atom. The quantitative estimate of drug-likeness (QED) is 0.528. The third kappa shape index (κ3) is 5.71. The molecular formula is C24H26ClN3O4S. The summed E-state index contributed by atoms with van der Waals surface area (Å²) >= 11 is 6.06. The number of nitrogens with zero attached hydrogens (tertiary/aromatic N) is 2. The van der Waals surface area contributed by atoms with E-state index in [4.69, 9.17) is 11.6 Å². The topological polar surface area (TPSA) is 86.8 Å². The van der Waals surface area contributed by atoms with Gasteiger partial charge in [0.1, 0.15) is 6.04 Å². The lowest BCUT2D eigenvalue weighted by atomic mass is 10.1. The minimum absolute atomic E-state index is 0.0947. The Morgan fingerprint density at radius 2 is 1.70 bits per heavy atom. The van der Waals surface area contributed by atoms with Gasteiger partial charge >= 0.3 is 0 Å². The number of rotatable bonds is 8. The van der Waals surface area contributed by atoms with Crippen LogP contribution in [0.1, 0.15) is 12.5 Å². The first-order chi connectivity index (χ1) is 15.6. The second kappa shape index (κ2) is 10.3. The molecule has 0 saturated heterocycles. The fraction of sp³-hybridized carbons (Fsp3) is 0.250. The normalized spacial score (nSPS) is 12.5. The van der Waals surface area contributed by atoms with Crippen molar-refractivity contribution in [2.45, 2.75) is 24.4 Å². The lowest BCUT2D eigenvalue weighted by Crippen LogP contribution is -2.50. The number of carbonyl (C=O) groups excluding carboxylic acids is 2. The first kappa shape index (κ1) is 24.7. The summed E-state index contributed by atoms with van der Waals surface area (Å²) in [5.41, 5.74) is 0.728. The van der Waals surface area contributed by atoms with Crippen molar-refractivity contribution in [3.05, 3.63) is 77.3 Å². The van der Waals surface area contributed by atoms with E-state index in [0.29, 0.717) is 5.02 Å². The third-order valence-electron chi connectivity index (χ3n) is 5.44. The summed E-state index contributed by atoms with van der Waals surface area (Å²) in [5, 5.41) is 4.74. The number of amides is 2. The van der Waals surface area contributed by atoms with Crippen LogP contribution in [0.25, 0.3) is 10.8 Å². The molecule has 0 aliphatic rings. The van der Waals surface area contributed by atoms with Gasteiger partial charge in [0.2, 0.25) is 21.8 Å². The molecule has 174 valence electrons. The molecule has 0 heterocycles. The molecule has 0 spiro atoms. The van der Waals surface area contributed by atoms with E-state index in [1.165, 1.54) is 25.1 Å². The van der Waals surface area contributed by atoms with Gasteiger partial charge in [0, 0.05) is 25.7 Å². The molecule has 3 aromatic carbocycles. The Hall–Kier alpha value is -2.94. The lowest BCUT2D eigenvalue weighted by molar-refractivity contribution is -0.140. The van der Waals surface area contributed by atoms with Gasteiger partial charge in [-0.1, -0.05) is 54.1 Å². The van der Waals surface area contributed by atoms with Gasteiger partial charge in [-0.3, -0.25) is 9.59 Å². The van der Waals surface area contributed by atoms with E-state index >= 15 is 0 Å². The van der Waals surface area contributed by atoms with Gasteiger partial charge in [-0.15, -0.1) is 0 Å². The van der Waals surface area contributed by atoms with Crippen molar-refractivity contribution in [2.24, 2.45) is 0 Å². The third-order valence-corrected chi connectivity index (χ3v) is 7.48. The van der Waals surface area contributed by atoms with Crippen molar-refractivity contribution in [3.8, 4) is 0 Å². The minimum atomic E-state index is -3.93. The molecule has 7 nitrogen and oxygen atoms in total. The molecule has 0 radical (unpaired) electrons. The molecule has 3 aromatic rings. The number of nitrogens with one attached hydrogen (secondary N) is 1. The van der Waals surface area contributed by atoms with Crippen LogP contribution in [0.3, 0.4) is 0 Å². The number of halogens is 1. The molecule has 0 bridgehead atoms. The molecule has 0 aliphatic carbocycles. The van der Waals surface area contributed by atoms with E-state index in [0.717, 1.165) is 20.6 Å². The standard InChI is InChI=1S/C24H26ClN3O4S/c1-17(24(30)26-2)28(15-18-7-6-10-21(25)13-18)23(29)16-27(3)33(31,32)22-12-11-19-8-4-5-9-20(19)14-22/h4-14,17H,15-16H2,1-3H3,(H,26,30)/t17-/m1/s1. The fourth-order valence-corrected chi connectivity index (χ4v) is 4.87. The van der Waals surface area contributed by atoms with Crippen LogP contribution >= 0.6 is 11.6 Å². The molecule has 0 saturated carbocycles. The lowest BCUT2D eigenvalue weighted by Gasteiger charge is -2.30. The summed E-state index contributed by atoms with van der Waals surface area (Å²) in [5.74, 6) is -0.858. The number of carbonyl (C=O) groups is 2. The average Bonchev–Trinajstić information content (AvgIpc) is 2.81. The van der Waals surface area contributed by atoms with E-state index in [2.05, 4.69) is 5.32 Å². The fourth-order valence-electron chi connectivity index (χ4n) is 3.50. The van der Waals surface area contributed by atoms with Gasteiger partial charge in [0.05, 0.1) is 11.4 Å². The summed E-state index contributed by atoms with van der Waals surface area (Å²) in [6, 6.07) is 18.4. The van der Waals surface area contributed by atoms with E-state index in [1.807, 2.05) is 24.3 Å². The van der Waals surface area contributed by atoms with Gasteiger partial charge in [-0.25, -0.2) is 8.42 Å². The van der Waals surface area contributed by atoms with E-state index in [-0.39, 0.29) is 17.3 Å². The van der Waals surface area contributed by atoms with Crippen LogP contribution in [-0.2, 0) is 26.2 Å². The van der Waals surface area contributed by atoms with E-state index in [9.17, 15) is 18.0 Å². The van der Waals surface area contributed by atoms with Gasteiger partial charge in [-0.2, -0.15) is 4.31 Å². The van der Waals surface area contributed by atoms with Crippen LogP contribution in [0.2, 0.25) is 5.02 Å². The second-order valence-corrected chi connectivity index (χ2v) is 10.2. The smallest absolute Gasteiger partial charge is 0.243 e. The van der Waals surface area contributed by atoms with Crippen molar-refractivity contribution in [2.75, 3.05) is 20.6 Å². The molecule has 0 fully saturated rings. The highest BCUT2D eigenvalue weighted by Crippen LogP contribution is 2.22. The molecule has 1 atom stereocenters. The number of benzene rings is 3. The van der Waals surface area contributed by atoms with Crippen LogP contribution in [0.4, 0.5) is 0 Å². The monoisotopic (exact) mass is 487 g/mol. The molecule has 9 heteroatoms. The first-order valence-electron chi connectivity index (χ1n) is 10.3. The van der Waals surface area contributed by atoms with Gasteiger partial charge in [0.15, 0.2) is 0 Å². The van der Waals surface area contributed by atoms with Crippen LogP contribution in [-0.4, -0.2) is 56.1 Å². The van der Waals surface area contributed by atoms with Crippen molar-refractivity contribution < 1.29 is 18.0 Å². The zero-order chi connectivity index (χ0) is 24.2. The second-order valence-electron chi connectivity index (χ2n) is 7.71. The van der Waals surface area contributed by atoms with Gasteiger partial charge in [0.25, 0.3) is 0 Å². The van der Waals surface area contributed by atoms with Crippen molar-refractivity contribution in [1.82, 2.24) is 14.5 Å². The predicted octanol–water partition coefficient (Wildman–Crippen LogP) is 3.28. The number of likely N-dealkylation sites (N-methyl/N-ethyl adjacent to an activating group) is 2. The Kier molecular flexibility index (Phi) is 7.73. The summed E-state index contributed by atoms with van der Waals surface area (Å²) in [6.07, 6.45) is 0. The Morgan fingerprint density at radius 1 is 1.00 bits per heavy atom. The van der Waals surface area contributed by atoms with Crippen molar-refractivity contribution >= 4 is 44.2 Å². The summed E-state index contributed by atoms with van der Waals surface area (Å²) in [4.78, 5) is 26.9. The molecule has 0 aromatic heterocycles. The van der Waals surface area contributed by atoms with Crippen LogP contribution in [0.5, 0.6) is 0 Å². The molecule has 3 rings (SSSR count). The summed E-state index contributed by atoms with van der Waals surface area (Å²) < 4.78 is 27.3. The molecule has 0 aliphatic heterocycles. The number of hydrogen-bond donors (Lipinski definition) is 1. The maximum atomic E-state index is 13.2. The summed E-state index contributed by atoms with van der Waals surface area (Å²) in [6.45, 7) is 1.29. The minimum Gasteiger partial charge on any atom is -0.357 e. The Labute approximate surface area is 199 Å². The Bertz CT molecular complexity index is 1280. The first-order valence-corrected chi connectivity index (χ1v) is 12.2. The highest BCUT2D eigenvalue weighted by Gasteiger charge is 2.30. The van der Waals surface area contributed by atoms with E-state index in [1.54, 1.807) is 43.3 Å². The van der Waals surface area contributed by atoms with Crippen molar-refractivity contribution in [3.63, 3.8) is 0 Å². The highest BCUT2D eigenvalue weighted by atomic mass is 35.5. The number of fused-ring (bicyclic) bond motifs is 1. The van der Waals surface area contributed by atoms with Crippen molar-refractivity contribution in [1.29, 1.82) is 0 Å².